The molecule has 2 aromatic carbocycles. The van der Waals surface area contributed by atoms with Crippen LogP contribution in [0.5, 0.6) is 17.2 Å². The van der Waals surface area contributed by atoms with Crippen molar-refractivity contribution in [3.05, 3.63) is 45.8 Å². The van der Waals surface area contributed by atoms with Crippen LogP contribution in [-0.2, 0) is 0 Å². The second-order valence-electron chi connectivity index (χ2n) is 5.69. The predicted octanol–water partition coefficient (Wildman–Crippen LogP) is 3.31. The van der Waals surface area contributed by atoms with Gasteiger partial charge >= 0.3 is 11.9 Å². The molecule has 0 aliphatic carbocycles. The van der Waals surface area contributed by atoms with Gasteiger partial charge in [-0.3, -0.25) is 14.9 Å². The molecule has 0 amide bonds. The summed E-state index contributed by atoms with van der Waals surface area (Å²) in [7, 11) is 0. The standard InChI is InChI=1S/C16H7F4N3O7/c17-7-2-1-5(3-8(7)24)14-21-15(30-22-14)6-4-9(25)12(26)11(23(28)29)10(6)13(27)16(18,19)20/h1-4,24-26H. The zero-order valence-electron chi connectivity index (χ0n) is 14.1. The highest BCUT2D eigenvalue weighted by Gasteiger charge is 2.46. The number of nitro groups is 1. The Balaban J connectivity index is 2.26. The molecule has 0 atom stereocenters. The van der Waals surface area contributed by atoms with E-state index in [4.69, 9.17) is 4.52 Å². The van der Waals surface area contributed by atoms with E-state index in [1.165, 1.54) is 0 Å². The minimum atomic E-state index is -5.59. The number of benzene rings is 2. The number of ketones is 1. The van der Waals surface area contributed by atoms with Gasteiger partial charge < -0.3 is 19.8 Å². The Kier molecular flexibility index (Phi) is 4.77. The van der Waals surface area contributed by atoms with E-state index in [2.05, 4.69) is 10.1 Å². The quantitative estimate of drug-likeness (QED) is 0.186. The first kappa shape index (κ1) is 20.5. The van der Waals surface area contributed by atoms with Crippen LogP contribution in [0.1, 0.15) is 10.4 Å². The summed E-state index contributed by atoms with van der Waals surface area (Å²) in [4.78, 5) is 25.2. The monoisotopic (exact) mass is 429 g/mol. The highest BCUT2D eigenvalue weighted by atomic mass is 19.4. The number of Topliss-reactive ketones (excluding diaryl/α,β-unsaturated/α-hetero) is 1. The molecule has 0 fully saturated rings. The number of carbonyl (C=O) groups excluding carboxylic acids is 1. The molecule has 3 rings (SSSR count). The molecule has 0 aliphatic heterocycles. The second-order valence-corrected chi connectivity index (χ2v) is 5.69. The van der Waals surface area contributed by atoms with Gasteiger partial charge in [-0.2, -0.15) is 18.2 Å². The highest BCUT2D eigenvalue weighted by Crippen LogP contribution is 2.45. The van der Waals surface area contributed by atoms with Crippen LogP contribution in [-0.4, -0.2) is 42.3 Å². The molecule has 0 saturated heterocycles. The van der Waals surface area contributed by atoms with Gasteiger partial charge in [-0.1, -0.05) is 5.16 Å². The molecule has 0 radical (unpaired) electrons. The van der Waals surface area contributed by atoms with Crippen molar-refractivity contribution in [1.29, 1.82) is 0 Å². The van der Waals surface area contributed by atoms with Crippen molar-refractivity contribution in [3.8, 4) is 40.1 Å². The third-order valence-electron chi connectivity index (χ3n) is 3.78. The first-order chi connectivity index (χ1) is 13.9. The number of nitro benzene ring substituents is 1. The minimum absolute atomic E-state index is 0.0508. The van der Waals surface area contributed by atoms with Gasteiger partial charge in [0.1, 0.15) is 5.56 Å². The lowest BCUT2D eigenvalue weighted by atomic mass is 9.99. The zero-order valence-corrected chi connectivity index (χ0v) is 14.1. The fourth-order valence-electron chi connectivity index (χ4n) is 2.46. The summed E-state index contributed by atoms with van der Waals surface area (Å²) in [6, 6.07) is 3.18. The van der Waals surface area contributed by atoms with Gasteiger partial charge in [0.05, 0.1) is 10.5 Å². The van der Waals surface area contributed by atoms with E-state index in [1.54, 1.807) is 0 Å². The highest BCUT2D eigenvalue weighted by molar-refractivity contribution is 6.09. The minimum Gasteiger partial charge on any atom is -0.505 e. The molecule has 0 aliphatic rings. The van der Waals surface area contributed by atoms with Crippen LogP contribution in [0.3, 0.4) is 0 Å². The lowest BCUT2D eigenvalue weighted by Crippen LogP contribution is -2.24. The summed E-state index contributed by atoms with van der Waals surface area (Å²) in [5, 5.41) is 43.3. The maximum Gasteiger partial charge on any atom is 0.455 e. The second kappa shape index (κ2) is 6.98. The van der Waals surface area contributed by atoms with Crippen molar-refractivity contribution in [3.63, 3.8) is 0 Å². The van der Waals surface area contributed by atoms with Crippen molar-refractivity contribution < 1.29 is 47.1 Å². The van der Waals surface area contributed by atoms with Crippen LogP contribution in [0.25, 0.3) is 22.8 Å². The van der Waals surface area contributed by atoms with Gasteiger partial charge in [-0.15, -0.1) is 0 Å². The van der Waals surface area contributed by atoms with E-state index >= 15 is 0 Å². The largest absolute Gasteiger partial charge is 0.505 e. The number of halogens is 4. The molecule has 3 N–H and O–H groups in total. The fourth-order valence-corrected chi connectivity index (χ4v) is 2.46. The molecule has 1 heterocycles. The number of hydrogen-bond donors (Lipinski definition) is 3. The first-order valence-corrected chi connectivity index (χ1v) is 7.59. The summed E-state index contributed by atoms with van der Waals surface area (Å²) in [6.07, 6.45) is -5.59. The third kappa shape index (κ3) is 3.45. The van der Waals surface area contributed by atoms with Crippen molar-refractivity contribution in [2.24, 2.45) is 0 Å². The molecule has 14 heteroatoms. The number of aromatic hydroxyl groups is 3. The summed E-state index contributed by atoms with van der Waals surface area (Å²) in [5.74, 6) is -8.54. The van der Waals surface area contributed by atoms with Crippen LogP contribution < -0.4 is 0 Å². The smallest absolute Gasteiger partial charge is 0.455 e. The van der Waals surface area contributed by atoms with Crippen molar-refractivity contribution in [1.82, 2.24) is 10.1 Å². The van der Waals surface area contributed by atoms with E-state index in [9.17, 15) is 47.8 Å². The number of alkyl halides is 3. The Labute approximate surface area is 161 Å². The van der Waals surface area contributed by atoms with E-state index in [-0.39, 0.29) is 11.4 Å². The Morgan fingerprint density at radius 3 is 2.37 bits per heavy atom. The van der Waals surface area contributed by atoms with Gasteiger partial charge in [0.2, 0.25) is 11.6 Å². The van der Waals surface area contributed by atoms with Crippen molar-refractivity contribution in [2.75, 3.05) is 0 Å². The Hall–Kier alpha value is -4.23. The van der Waals surface area contributed by atoms with Crippen LogP contribution in [0.15, 0.2) is 28.8 Å². The summed E-state index contributed by atoms with van der Waals surface area (Å²) < 4.78 is 56.9. The molecule has 0 bridgehead atoms. The number of nitrogens with zero attached hydrogens (tertiary/aromatic N) is 3. The van der Waals surface area contributed by atoms with E-state index < -0.39 is 62.7 Å². The van der Waals surface area contributed by atoms with Gasteiger partial charge in [0.15, 0.2) is 17.3 Å². The molecular weight excluding hydrogens is 422 g/mol. The molecule has 0 unspecified atom stereocenters. The zero-order chi connectivity index (χ0) is 22.4. The van der Waals surface area contributed by atoms with Gasteiger partial charge in [-0.05, 0) is 24.3 Å². The van der Waals surface area contributed by atoms with E-state index in [0.29, 0.717) is 6.07 Å². The number of hydrogen-bond acceptors (Lipinski definition) is 9. The Bertz CT molecular complexity index is 1190. The molecule has 10 nitrogen and oxygen atoms in total. The first-order valence-electron chi connectivity index (χ1n) is 7.59. The number of phenolic OH excluding ortho intramolecular Hbond substituents is 3. The molecule has 30 heavy (non-hydrogen) atoms. The predicted molar refractivity (Wildman–Crippen MR) is 87.2 cm³/mol. The van der Waals surface area contributed by atoms with Crippen LogP contribution >= 0.6 is 0 Å². The summed E-state index contributed by atoms with van der Waals surface area (Å²) in [5.41, 5.74) is -4.39. The van der Waals surface area contributed by atoms with Crippen molar-refractivity contribution in [2.45, 2.75) is 6.18 Å². The summed E-state index contributed by atoms with van der Waals surface area (Å²) >= 11 is 0. The van der Waals surface area contributed by atoms with E-state index in [0.717, 1.165) is 18.2 Å². The Morgan fingerprint density at radius 1 is 1.13 bits per heavy atom. The third-order valence-corrected chi connectivity index (χ3v) is 3.78. The molecule has 1 aromatic heterocycles. The molecule has 0 saturated carbocycles. The lowest BCUT2D eigenvalue weighted by molar-refractivity contribution is -0.386. The van der Waals surface area contributed by atoms with Crippen LogP contribution in [0, 0.1) is 15.9 Å². The Morgan fingerprint density at radius 2 is 1.80 bits per heavy atom. The number of aromatic nitrogens is 2. The SMILES string of the molecule is O=C(c1c(-c2nc(-c3ccc(F)c(O)c3)no2)cc(O)c(O)c1[N+](=O)[O-])C(F)(F)F. The molecule has 3 aromatic rings. The van der Waals surface area contributed by atoms with Gasteiger partial charge in [0, 0.05) is 5.56 Å². The number of phenols is 3. The maximum atomic E-state index is 13.2. The van der Waals surface area contributed by atoms with Gasteiger partial charge in [0.25, 0.3) is 11.7 Å². The van der Waals surface area contributed by atoms with E-state index in [1.807, 2.05) is 0 Å². The average molecular weight is 429 g/mol. The normalized spacial score (nSPS) is 11.5. The molecule has 156 valence electrons. The molecule has 0 spiro atoms. The maximum absolute atomic E-state index is 13.2. The lowest BCUT2D eigenvalue weighted by Gasteiger charge is -2.11. The topological polar surface area (TPSA) is 160 Å². The van der Waals surface area contributed by atoms with Crippen LogP contribution in [0.2, 0.25) is 0 Å². The fraction of sp³-hybridized carbons (Fsp3) is 0.0625. The molecular formula is C16H7F4N3O7. The average Bonchev–Trinajstić information content (AvgIpc) is 3.14. The number of rotatable bonds is 4. The van der Waals surface area contributed by atoms with Crippen molar-refractivity contribution >= 4 is 11.5 Å². The van der Waals surface area contributed by atoms with Gasteiger partial charge in [-0.25, -0.2) is 4.39 Å². The van der Waals surface area contributed by atoms with Crippen LogP contribution in [0.4, 0.5) is 23.2 Å². The number of carbonyl (C=O) groups is 1. The summed E-state index contributed by atoms with van der Waals surface area (Å²) in [6.45, 7) is 0.